The molecule has 1 aliphatic rings. The molecule has 1 atom stereocenters. The topological polar surface area (TPSA) is 38.5 Å². The number of nitrogens with two attached hydrogens (primary N) is 1. The minimum absolute atomic E-state index is 0.482. The highest BCUT2D eigenvalue weighted by molar-refractivity contribution is 6.31. The van der Waals surface area contributed by atoms with E-state index in [1.807, 2.05) is 18.2 Å². The molecule has 1 heterocycles. The van der Waals surface area contributed by atoms with Crippen molar-refractivity contribution in [2.24, 2.45) is 0 Å². The van der Waals surface area contributed by atoms with Crippen LogP contribution in [0.1, 0.15) is 12.0 Å². The number of anilines is 1. The Bertz CT molecular complexity index is 344. The first-order valence-corrected chi connectivity index (χ1v) is 5.87. The van der Waals surface area contributed by atoms with Crippen LogP contribution in [0, 0.1) is 0 Å². The lowest BCUT2D eigenvalue weighted by Gasteiger charge is -2.24. The monoisotopic (exact) mass is 240 g/mol. The Morgan fingerprint density at radius 2 is 2.38 bits per heavy atom. The molecule has 88 valence electrons. The molecular weight excluding hydrogens is 224 g/mol. The van der Waals surface area contributed by atoms with Crippen LogP contribution in [-0.2, 0) is 11.3 Å². The van der Waals surface area contributed by atoms with Gasteiger partial charge >= 0.3 is 0 Å². The standard InChI is InChI=1S/C12H17ClN2O/c1-15(9-5-6-16-8-9)7-10-11(13)3-2-4-12(10)14/h2-4,9H,5-8,14H2,1H3. The molecule has 3 nitrogen and oxygen atoms in total. The number of benzene rings is 1. The average molecular weight is 241 g/mol. The lowest BCUT2D eigenvalue weighted by atomic mass is 10.1. The third-order valence-electron chi connectivity index (χ3n) is 3.09. The summed E-state index contributed by atoms with van der Waals surface area (Å²) >= 11 is 6.14. The molecule has 0 radical (unpaired) electrons. The Morgan fingerprint density at radius 3 is 3.00 bits per heavy atom. The Balaban J connectivity index is 2.07. The van der Waals surface area contributed by atoms with Crippen LogP contribution in [0.2, 0.25) is 5.02 Å². The minimum atomic E-state index is 0.482. The lowest BCUT2D eigenvalue weighted by molar-refractivity contribution is 0.156. The maximum absolute atomic E-state index is 6.14. The van der Waals surface area contributed by atoms with E-state index in [2.05, 4.69) is 11.9 Å². The average Bonchev–Trinajstić information content (AvgIpc) is 2.76. The molecule has 2 rings (SSSR count). The summed E-state index contributed by atoms with van der Waals surface area (Å²) < 4.78 is 5.37. The summed E-state index contributed by atoms with van der Waals surface area (Å²) in [4.78, 5) is 2.25. The fourth-order valence-corrected chi connectivity index (χ4v) is 2.23. The van der Waals surface area contributed by atoms with Gasteiger partial charge < -0.3 is 10.5 Å². The van der Waals surface area contributed by atoms with Crippen LogP contribution >= 0.6 is 11.6 Å². The number of nitrogen functional groups attached to an aromatic ring is 1. The molecule has 0 aliphatic carbocycles. The van der Waals surface area contributed by atoms with E-state index in [4.69, 9.17) is 22.1 Å². The number of hydrogen-bond acceptors (Lipinski definition) is 3. The highest BCUT2D eigenvalue weighted by atomic mass is 35.5. The molecule has 1 aliphatic heterocycles. The van der Waals surface area contributed by atoms with Gasteiger partial charge in [-0.15, -0.1) is 0 Å². The lowest BCUT2D eigenvalue weighted by Crippen LogP contribution is -2.31. The zero-order valence-electron chi connectivity index (χ0n) is 9.45. The van der Waals surface area contributed by atoms with Gasteiger partial charge in [0.15, 0.2) is 0 Å². The molecule has 0 spiro atoms. The van der Waals surface area contributed by atoms with E-state index < -0.39 is 0 Å². The summed E-state index contributed by atoms with van der Waals surface area (Å²) in [5, 5.41) is 0.741. The second-order valence-corrected chi connectivity index (χ2v) is 4.65. The summed E-state index contributed by atoms with van der Waals surface area (Å²) in [6.45, 7) is 2.44. The number of likely N-dealkylation sites (N-methyl/N-ethyl adjacent to an activating group) is 1. The first kappa shape index (κ1) is 11.7. The van der Waals surface area contributed by atoms with Crippen molar-refractivity contribution in [1.29, 1.82) is 0 Å². The molecule has 0 aromatic heterocycles. The van der Waals surface area contributed by atoms with Crippen LogP contribution in [0.25, 0.3) is 0 Å². The Labute approximate surface area is 101 Å². The zero-order valence-corrected chi connectivity index (χ0v) is 10.2. The Morgan fingerprint density at radius 1 is 1.56 bits per heavy atom. The van der Waals surface area contributed by atoms with Gasteiger partial charge in [-0.25, -0.2) is 0 Å². The van der Waals surface area contributed by atoms with E-state index in [-0.39, 0.29) is 0 Å². The zero-order chi connectivity index (χ0) is 11.5. The fourth-order valence-electron chi connectivity index (χ4n) is 1.99. The van der Waals surface area contributed by atoms with Gasteiger partial charge in [-0.1, -0.05) is 17.7 Å². The van der Waals surface area contributed by atoms with Crippen LogP contribution < -0.4 is 5.73 Å². The number of halogens is 1. The van der Waals surface area contributed by atoms with Gasteiger partial charge in [-0.3, -0.25) is 4.90 Å². The SMILES string of the molecule is CN(Cc1c(N)cccc1Cl)C1CCOC1. The molecule has 1 aromatic carbocycles. The van der Waals surface area contributed by atoms with E-state index in [1.54, 1.807) is 0 Å². The van der Waals surface area contributed by atoms with Gasteiger partial charge in [0.2, 0.25) is 0 Å². The maximum Gasteiger partial charge on any atom is 0.0622 e. The highest BCUT2D eigenvalue weighted by Gasteiger charge is 2.21. The van der Waals surface area contributed by atoms with Crippen LogP contribution in [0.5, 0.6) is 0 Å². The minimum Gasteiger partial charge on any atom is -0.398 e. The van der Waals surface area contributed by atoms with Crippen LogP contribution in [0.15, 0.2) is 18.2 Å². The van der Waals surface area contributed by atoms with Crippen LogP contribution in [-0.4, -0.2) is 31.2 Å². The third-order valence-corrected chi connectivity index (χ3v) is 3.45. The summed E-state index contributed by atoms with van der Waals surface area (Å²) in [6.07, 6.45) is 1.08. The third kappa shape index (κ3) is 2.48. The van der Waals surface area contributed by atoms with Crippen molar-refractivity contribution < 1.29 is 4.74 Å². The van der Waals surface area contributed by atoms with Gasteiger partial charge in [0.25, 0.3) is 0 Å². The molecule has 0 saturated carbocycles. The molecule has 2 N–H and O–H groups in total. The molecule has 0 amide bonds. The summed E-state index contributed by atoms with van der Waals surface area (Å²) in [7, 11) is 2.09. The summed E-state index contributed by atoms with van der Waals surface area (Å²) in [6, 6.07) is 6.13. The van der Waals surface area contributed by atoms with Crippen molar-refractivity contribution in [2.45, 2.75) is 19.0 Å². The number of nitrogens with zero attached hydrogens (tertiary/aromatic N) is 1. The van der Waals surface area contributed by atoms with Crippen LogP contribution in [0.4, 0.5) is 5.69 Å². The molecular formula is C12H17ClN2O. The normalized spacial score (nSPS) is 20.6. The van der Waals surface area contributed by atoms with Gasteiger partial charge in [0.05, 0.1) is 6.61 Å². The number of rotatable bonds is 3. The quantitative estimate of drug-likeness (QED) is 0.823. The predicted octanol–water partition coefficient (Wildman–Crippen LogP) is 2.14. The first-order valence-electron chi connectivity index (χ1n) is 5.49. The van der Waals surface area contributed by atoms with E-state index >= 15 is 0 Å². The molecule has 1 aromatic rings. The van der Waals surface area contributed by atoms with Crippen molar-refractivity contribution in [3.05, 3.63) is 28.8 Å². The smallest absolute Gasteiger partial charge is 0.0622 e. The molecule has 1 unspecified atom stereocenters. The van der Waals surface area contributed by atoms with E-state index in [0.29, 0.717) is 6.04 Å². The van der Waals surface area contributed by atoms with Gasteiger partial charge in [0, 0.05) is 35.5 Å². The Hall–Kier alpha value is -0.770. The molecule has 0 bridgehead atoms. The molecule has 16 heavy (non-hydrogen) atoms. The second-order valence-electron chi connectivity index (χ2n) is 4.24. The van der Waals surface area contributed by atoms with Crippen LogP contribution in [0.3, 0.4) is 0 Å². The van der Waals surface area contributed by atoms with Crippen molar-refractivity contribution >= 4 is 17.3 Å². The summed E-state index contributed by atoms with van der Waals surface area (Å²) in [5.41, 5.74) is 7.70. The summed E-state index contributed by atoms with van der Waals surface area (Å²) in [5.74, 6) is 0. The van der Waals surface area contributed by atoms with E-state index in [1.165, 1.54) is 0 Å². The molecule has 1 fully saturated rings. The number of hydrogen-bond donors (Lipinski definition) is 1. The number of ether oxygens (including phenoxy) is 1. The van der Waals surface area contributed by atoms with E-state index in [0.717, 1.165) is 42.5 Å². The van der Waals surface area contributed by atoms with Gasteiger partial charge in [-0.2, -0.15) is 0 Å². The molecule has 4 heteroatoms. The van der Waals surface area contributed by atoms with Gasteiger partial charge in [0.1, 0.15) is 0 Å². The van der Waals surface area contributed by atoms with Gasteiger partial charge in [-0.05, 0) is 25.6 Å². The van der Waals surface area contributed by atoms with E-state index in [9.17, 15) is 0 Å². The van der Waals surface area contributed by atoms with Crippen molar-refractivity contribution in [3.8, 4) is 0 Å². The fraction of sp³-hybridized carbons (Fsp3) is 0.500. The molecule has 1 saturated heterocycles. The van der Waals surface area contributed by atoms with Crippen molar-refractivity contribution in [1.82, 2.24) is 4.90 Å². The largest absolute Gasteiger partial charge is 0.398 e. The highest BCUT2D eigenvalue weighted by Crippen LogP contribution is 2.24. The second kappa shape index (κ2) is 5.04. The first-order chi connectivity index (χ1) is 7.68. The van der Waals surface area contributed by atoms with Crippen molar-refractivity contribution in [3.63, 3.8) is 0 Å². The van der Waals surface area contributed by atoms with Crippen molar-refractivity contribution in [2.75, 3.05) is 26.0 Å². The maximum atomic E-state index is 6.14. The Kier molecular flexibility index (Phi) is 3.69. The predicted molar refractivity (Wildman–Crippen MR) is 66.6 cm³/mol.